The van der Waals surface area contributed by atoms with Crippen molar-refractivity contribution in [3.05, 3.63) is 41.5 Å². The van der Waals surface area contributed by atoms with Crippen molar-refractivity contribution in [3.8, 4) is 0 Å². The van der Waals surface area contributed by atoms with Crippen molar-refractivity contribution < 1.29 is 9.32 Å². The third-order valence-corrected chi connectivity index (χ3v) is 4.27. The van der Waals surface area contributed by atoms with Gasteiger partial charge in [0.05, 0.1) is 0 Å². The van der Waals surface area contributed by atoms with Crippen LogP contribution in [0.25, 0.3) is 0 Å². The first-order chi connectivity index (χ1) is 11.5. The molecule has 1 aliphatic carbocycles. The molecule has 2 aromatic rings. The molecular formula is C18H24N4O2. The summed E-state index contributed by atoms with van der Waals surface area (Å²) in [6.45, 7) is 4.06. The number of carbonyl (C=O) groups excluding carboxylic acids is 1. The number of nitrogens with zero attached hydrogens (tertiary/aromatic N) is 3. The third-order valence-electron chi connectivity index (χ3n) is 4.27. The van der Waals surface area contributed by atoms with Gasteiger partial charge in [-0.1, -0.05) is 19.0 Å². The van der Waals surface area contributed by atoms with Gasteiger partial charge in [-0.25, -0.2) is 0 Å². The van der Waals surface area contributed by atoms with Gasteiger partial charge in [0.15, 0.2) is 5.82 Å². The topological polar surface area (TPSA) is 71.3 Å². The lowest BCUT2D eigenvalue weighted by Gasteiger charge is -2.19. The third kappa shape index (κ3) is 3.58. The predicted octanol–water partition coefficient (Wildman–Crippen LogP) is 3.14. The van der Waals surface area contributed by atoms with E-state index in [9.17, 15) is 4.79 Å². The normalized spacial score (nSPS) is 15.4. The zero-order valence-electron chi connectivity index (χ0n) is 14.6. The summed E-state index contributed by atoms with van der Waals surface area (Å²) >= 11 is 0. The number of benzene rings is 1. The molecule has 6 heteroatoms. The number of carbonyl (C=O) groups is 1. The summed E-state index contributed by atoms with van der Waals surface area (Å²) in [5.74, 6) is 1.71. The summed E-state index contributed by atoms with van der Waals surface area (Å²) < 4.78 is 5.39. The van der Waals surface area contributed by atoms with Crippen LogP contribution in [-0.2, 0) is 0 Å². The molecule has 0 bridgehead atoms. The van der Waals surface area contributed by atoms with Crippen LogP contribution in [0.5, 0.6) is 0 Å². The molecule has 1 aromatic carbocycles. The zero-order chi connectivity index (χ0) is 17.3. The van der Waals surface area contributed by atoms with Crippen molar-refractivity contribution in [2.45, 2.75) is 38.6 Å². The molecule has 1 aliphatic rings. The maximum Gasteiger partial charge on any atom is 0.251 e. The minimum Gasteiger partial charge on any atom is -0.378 e. The van der Waals surface area contributed by atoms with Crippen LogP contribution < -0.4 is 10.2 Å². The van der Waals surface area contributed by atoms with E-state index in [2.05, 4.69) is 15.5 Å². The van der Waals surface area contributed by atoms with Crippen molar-refractivity contribution in [1.82, 2.24) is 15.5 Å². The highest BCUT2D eigenvalue weighted by molar-refractivity contribution is 5.94. The highest BCUT2D eigenvalue weighted by atomic mass is 16.5. The summed E-state index contributed by atoms with van der Waals surface area (Å²) in [7, 11) is 3.94. The van der Waals surface area contributed by atoms with Crippen molar-refractivity contribution in [3.63, 3.8) is 0 Å². The second-order valence-electron chi connectivity index (χ2n) is 6.90. The van der Waals surface area contributed by atoms with Crippen LogP contribution in [0.4, 0.5) is 5.69 Å². The van der Waals surface area contributed by atoms with Crippen LogP contribution in [0.15, 0.2) is 28.8 Å². The molecule has 0 radical (unpaired) electrons. The van der Waals surface area contributed by atoms with Crippen LogP contribution in [0, 0.1) is 5.92 Å². The van der Waals surface area contributed by atoms with Crippen LogP contribution >= 0.6 is 0 Å². The Balaban J connectivity index is 1.73. The Labute approximate surface area is 142 Å². The summed E-state index contributed by atoms with van der Waals surface area (Å²) in [6, 6.07) is 7.22. The molecule has 3 rings (SSSR count). The van der Waals surface area contributed by atoms with E-state index in [1.807, 2.05) is 57.1 Å². The number of aromatic nitrogens is 2. The summed E-state index contributed by atoms with van der Waals surface area (Å²) in [5.41, 5.74) is 1.67. The van der Waals surface area contributed by atoms with Crippen molar-refractivity contribution >= 4 is 11.6 Å². The number of anilines is 1. The maximum absolute atomic E-state index is 12.6. The number of hydrogen-bond acceptors (Lipinski definition) is 5. The highest BCUT2D eigenvalue weighted by Crippen LogP contribution is 2.38. The largest absolute Gasteiger partial charge is 0.378 e. The number of amides is 1. The van der Waals surface area contributed by atoms with Gasteiger partial charge in [-0.3, -0.25) is 4.79 Å². The quantitative estimate of drug-likeness (QED) is 0.882. The maximum atomic E-state index is 12.6. The lowest BCUT2D eigenvalue weighted by atomic mass is 10.0. The van der Waals surface area contributed by atoms with Gasteiger partial charge in [-0.15, -0.1) is 0 Å². The fraction of sp³-hybridized carbons (Fsp3) is 0.500. The fourth-order valence-electron chi connectivity index (χ4n) is 2.53. The van der Waals surface area contributed by atoms with Gasteiger partial charge in [0.1, 0.15) is 6.04 Å². The molecule has 1 amide bonds. The first kappa shape index (κ1) is 16.5. The Kier molecular flexibility index (Phi) is 4.55. The average Bonchev–Trinajstić information content (AvgIpc) is 3.30. The SMILES string of the molecule is CC(C)[C@@H](NC(=O)c1ccc(N(C)C)cc1)c1nc(C2CC2)no1. The fourth-order valence-corrected chi connectivity index (χ4v) is 2.53. The van der Waals surface area contributed by atoms with Crippen LogP contribution in [-0.4, -0.2) is 30.1 Å². The van der Waals surface area contributed by atoms with Gasteiger partial charge in [0, 0.05) is 31.3 Å². The highest BCUT2D eigenvalue weighted by Gasteiger charge is 2.31. The minimum absolute atomic E-state index is 0.134. The molecule has 0 aliphatic heterocycles. The van der Waals surface area contributed by atoms with Crippen LogP contribution in [0.2, 0.25) is 0 Å². The number of rotatable bonds is 6. The Morgan fingerprint density at radius 3 is 2.46 bits per heavy atom. The monoisotopic (exact) mass is 328 g/mol. The van der Waals surface area contributed by atoms with E-state index in [4.69, 9.17) is 4.52 Å². The Bertz CT molecular complexity index is 702. The molecule has 128 valence electrons. The molecule has 1 N–H and O–H groups in total. The van der Waals surface area contributed by atoms with E-state index >= 15 is 0 Å². The van der Waals surface area contributed by atoms with Gasteiger partial charge in [-0.05, 0) is 43.0 Å². The van der Waals surface area contributed by atoms with Gasteiger partial charge < -0.3 is 14.7 Å². The summed E-state index contributed by atoms with van der Waals surface area (Å²) in [6.07, 6.45) is 2.24. The van der Waals surface area contributed by atoms with Crippen molar-refractivity contribution in [2.75, 3.05) is 19.0 Å². The lowest BCUT2D eigenvalue weighted by molar-refractivity contribution is 0.0914. The van der Waals surface area contributed by atoms with E-state index in [-0.39, 0.29) is 17.9 Å². The molecule has 1 fully saturated rings. The molecule has 1 saturated carbocycles. The molecule has 0 saturated heterocycles. The molecule has 1 heterocycles. The minimum atomic E-state index is -0.286. The molecule has 6 nitrogen and oxygen atoms in total. The van der Waals surface area contributed by atoms with Crippen molar-refractivity contribution in [2.24, 2.45) is 5.92 Å². The van der Waals surface area contributed by atoms with Crippen molar-refractivity contribution in [1.29, 1.82) is 0 Å². The molecule has 24 heavy (non-hydrogen) atoms. The van der Waals surface area contributed by atoms with E-state index in [1.54, 1.807) is 0 Å². The molecule has 0 spiro atoms. The standard InChI is InChI=1S/C18H24N4O2/c1-11(2)15(18-20-16(21-24-18)12-5-6-12)19-17(23)13-7-9-14(10-8-13)22(3)4/h7-12,15H,5-6H2,1-4H3,(H,19,23)/t15-/m1/s1. The van der Waals surface area contributed by atoms with Gasteiger partial charge in [-0.2, -0.15) is 4.98 Å². The predicted molar refractivity (Wildman–Crippen MR) is 92.1 cm³/mol. The Hall–Kier alpha value is -2.37. The number of nitrogens with one attached hydrogen (secondary N) is 1. The molecular weight excluding hydrogens is 304 g/mol. The van der Waals surface area contributed by atoms with Gasteiger partial charge in [0.2, 0.25) is 5.89 Å². The molecule has 1 aromatic heterocycles. The number of hydrogen-bond donors (Lipinski definition) is 1. The Morgan fingerprint density at radius 1 is 1.25 bits per heavy atom. The lowest BCUT2D eigenvalue weighted by Crippen LogP contribution is -2.32. The van der Waals surface area contributed by atoms with Gasteiger partial charge >= 0.3 is 0 Å². The van der Waals surface area contributed by atoms with E-state index in [1.165, 1.54) is 0 Å². The van der Waals surface area contributed by atoms with E-state index < -0.39 is 0 Å². The second-order valence-corrected chi connectivity index (χ2v) is 6.90. The summed E-state index contributed by atoms with van der Waals surface area (Å²) in [5, 5.41) is 7.07. The van der Waals surface area contributed by atoms with E-state index in [0.29, 0.717) is 17.4 Å². The van der Waals surface area contributed by atoms with E-state index in [0.717, 1.165) is 24.4 Å². The first-order valence-electron chi connectivity index (χ1n) is 8.37. The van der Waals surface area contributed by atoms with Crippen LogP contribution in [0.1, 0.15) is 60.7 Å². The molecule has 0 unspecified atom stereocenters. The summed E-state index contributed by atoms with van der Waals surface area (Å²) in [4.78, 5) is 19.0. The zero-order valence-corrected chi connectivity index (χ0v) is 14.6. The average molecular weight is 328 g/mol. The molecule has 1 atom stereocenters. The van der Waals surface area contributed by atoms with Crippen LogP contribution in [0.3, 0.4) is 0 Å². The smallest absolute Gasteiger partial charge is 0.251 e. The second kappa shape index (κ2) is 6.63. The first-order valence-corrected chi connectivity index (χ1v) is 8.37. The van der Waals surface area contributed by atoms with Gasteiger partial charge in [0.25, 0.3) is 5.91 Å². The Morgan fingerprint density at radius 2 is 1.92 bits per heavy atom.